The summed E-state index contributed by atoms with van der Waals surface area (Å²) in [5.74, 6) is -0.437. The van der Waals surface area contributed by atoms with Crippen molar-refractivity contribution in [2.75, 3.05) is 46.1 Å². The number of alkyl halides is 3. The van der Waals surface area contributed by atoms with Gasteiger partial charge in [0.15, 0.2) is 12.2 Å². The molecule has 2 aliphatic heterocycles. The maximum absolute atomic E-state index is 12.6. The fourth-order valence-electron chi connectivity index (χ4n) is 4.45. The van der Waals surface area contributed by atoms with Crippen LogP contribution in [-0.4, -0.2) is 73.4 Å². The number of ether oxygens (including phenoxy) is 3. The summed E-state index contributed by atoms with van der Waals surface area (Å²) in [5, 5.41) is 13.9. The molecule has 0 atom stereocenters. The van der Waals surface area contributed by atoms with Crippen LogP contribution in [0.4, 0.5) is 13.2 Å². The number of benzene rings is 1. The predicted octanol–water partition coefficient (Wildman–Crippen LogP) is 0.858. The number of hydrogen-bond donors (Lipinski definition) is 1. The molecule has 0 spiro atoms. The van der Waals surface area contributed by atoms with Gasteiger partial charge in [-0.15, -0.1) is 0 Å². The smallest absolute Gasteiger partial charge is 1.00 e. The van der Waals surface area contributed by atoms with Gasteiger partial charge in [-0.1, -0.05) is 6.07 Å². The van der Waals surface area contributed by atoms with Crippen molar-refractivity contribution in [1.82, 2.24) is 10.1 Å². The Hall–Kier alpha value is -0.894. The number of carboxylic acids is 1. The first-order valence-electron chi connectivity index (χ1n) is 11.0. The maximum Gasteiger partial charge on any atom is 1.00 e. The molecule has 184 valence electrons. The zero-order valence-corrected chi connectivity index (χ0v) is 22.2. The monoisotopic (exact) mass is 512 g/mol. The van der Waals surface area contributed by atoms with Crippen molar-refractivity contribution in [3.8, 4) is 11.6 Å². The van der Waals surface area contributed by atoms with E-state index in [-0.39, 0.29) is 81.3 Å². The van der Waals surface area contributed by atoms with E-state index in [1.807, 2.05) is 0 Å². The van der Waals surface area contributed by atoms with Crippen LogP contribution in [0.5, 0.6) is 11.6 Å². The van der Waals surface area contributed by atoms with Crippen LogP contribution in [0.1, 0.15) is 27.1 Å². The van der Waals surface area contributed by atoms with Crippen molar-refractivity contribution in [2.24, 2.45) is 11.3 Å². The Bertz CT molecular complexity index is 962. The molecule has 1 N–H and O–H groups in total. The van der Waals surface area contributed by atoms with Crippen molar-refractivity contribution >= 4 is 16.9 Å². The second-order valence-corrected chi connectivity index (χ2v) is 8.75. The summed E-state index contributed by atoms with van der Waals surface area (Å²) in [7, 11) is 0. The molecular formula is C22H28F3KN2O6. The molecule has 34 heavy (non-hydrogen) atoms. The van der Waals surface area contributed by atoms with E-state index in [0.29, 0.717) is 39.2 Å². The minimum atomic E-state index is -4.46. The van der Waals surface area contributed by atoms with Gasteiger partial charge in [0.05, 0.1) is 12.0 Å². The van der Waals surface area contributed by atoms with Crippen molar-refractivity contribution in [3.05, 3.63) is 18.2 Å². The molecule has 2 fully saturated rings. The number of nitrogens with zero attached hydrogens (tertiary/aromatic N) is 2. The van der Waals surface area contributed by atoms with Gasteiger partial charge in [0.1, 0.15) is 11.1 Å². The zero-order chi connectivity index (χ0) is 23.5. The number of rotatable bonds is 8. The summed E-state index contributed by atoms with van der Waals surface area (Å²) in [6.07, 6.45) is -1.79. The van der Waals surface area contributed by atoms with Gasteiger partial charge in [-0.2, -0.15) is 13.2 Å². The minimum absolute atomic E-state index is 0. The van der Waals surface area contributed by atoms with Gasteiger partial charge >= 0.3 is 63.5 Å². The predicted molar refractivity (Wildman–Crippen MR) is 111 cm³/mol. The second-order valence-electron chi connectivity index (χ2n) is 8.75. The Balaban J connectivity index is 0.00000216. The van der Waals surface area contributed by atoms with E-state index in [4.69, 9.17) is 18.7 Å². The van der Waals surface area contributed by atoms with Gasteiger partial charge in [0, 0.05) is 19.8 Å². The third kappa shape index (κ3) is 6.86. The van der Waals surface area contributed by atoms with Crippen LogP contribution in [0, 0.1) is 11.3 Å². The Morgan fingerprint density at radius 2 is 1.94 bits per heavy atom. The average Bonchev–Trinajstić information content (AvgIpc) is 3.21. The third-order valence-electron chi connectivity index (χ3n) is 6.41. The van der Waals surface area contributed by atoms with E-state index >= 15 is 0 Å². The molecule has 0 radical (unpaired) electrons. The Kier molecular flexibility index (Phi) is 9.69. The van der Waals surface area contributed by atoms with Gasteiger partial charge < -0.3 is 30.2 Å². The molecule has 2 aliphatic rings. The van der Waals surface area contributed by atoms with Crippen LogP contribution < -0.4 is 60.9 Å². The van der Waals surface area contributed by atoms with E-state index in [9.17, 15) is 23.1 Å². The Morgan fingerprint density at radius 3 is 2.59 bits per heavy atom. The molecule has 0 unspecified atom stereocenters. The first-order chi connectivity index (χ1) is 15.8. The molecule has 2 saturated heterocycles. The molecule has 8 nitrogen and oxygen atoms in total. The summed E-state index contributed by atoms with van der Waals surface area (Å²) >= 11 is 0. The summed E-state index contributed by atoms with van der Waals surface area (Å²) in [6, 6.07) is 4.54. The maximum atomic E-state index is 12.6. The van der Waals surface area contributed by atoms with Crippen LogP contribution in [-0.2, 0) is 9.53 Å². The fourth-order valence-corrected chi connectivity index (χ4v) is 4.45. The van der Waals surface area contributed by atoms with E-state index in [2.05, 4.69) is 10.1 Å². The first kappa shape index (κ1) is 27.7. The van der Waals surface area contributed by atoms with E-state index < -0.39 is 24.2 Å². The molecule has 0 amide bonds. The standard InChI is InChI=1S/C22H27F3N2O6.K.H/c23-22(24,25)14-32-16-2-1-3-17-18(16)19(26-33-17)31-12-15-4-8-27(9-5-15)13-21(20(28)29)6-10-30-11-7-21;;/h1-3,15H,4-14H2,(H,28,29);;/q;+1;-1. The minimum Gasteiger partial charge on any atom is -1.00 e. The quantitative estimate of drug-likeness (QED) is 0.521. The molecule has 0 aliphatic carbocycles. The Labute approximate surface area is 239 Å². The van der Waals surface area contributed by atoms with Crippen molar-refractivity contribution in [1.29, 1.82) is 0 Å². The normalized spacial score (nSPS) is 19.5. The van der Waals surface area contributed by atoms with Crippen LogP contribution in [0.2, 0.25) is 0 Å². The number of likely N-dealkylation sites (tertiary alicyclic amines) is 1. The molecule has 1 aromatic heterocycles. The number of aromatic nitrogens is 1. The fraction of sp³-hybridized carbons (Fsp3) is 0.636. The van der Waals surface area contributed by atoms with Crippen LogP contribution in [0.15, 0.2) is 22.7 Å². The molecule has 3 heterocycles. The number of fused-ring (bicyclic) bond motifs is 1. The van der Waals surface area contributed by atoms with Crippen molar-refractivity contribution < 1.29 is 94.6 Å². The third-order valence-corrected chi connectivity index (χ3v) is 6.41. The van der Waals surface area contributed by atoms with Crippen LogP contribution in [0.25, 0.3) is 11.0 Å². The number of piperidine rings is 1. The van der Waals surface area contributed by atoms with Gasteiger partial charge in [0.2, 0.25) is 0 Å². The van der Waals surface area contributed by atoms with E-state index in [1.54, 1.807) is 6.07 Å². The summed E-state index contributed by atoms with van der Waals surface area (Å²) in [6.45, 7) is 1.87. The van der Waals surface area contributed by atoms with E-state index in [1.165, 1.54) is 12.1 Å². The molecule has 12 heteroatoms. The summed E-state index contributed by atoms with van der Waals surface area (Å²) < 4.78 is 59.0. The van der Waals surface area contributed by atoms with Gasteiger partial charge in [-0.25, -0.2) is 0 Å². The molecule has 2 aromatic rings. The SMILES string of the molecule is O=C(O)C1(CN2CCC(COc3noc4cccc(OCC(F)(F)F)c34)CC2)CCOCC1.[H-].[K+]. The van der Waals surface area contributed by atoms with E-state index in [0.717, 1.165) is 25.9 Å². The number of aliphatic carboxylic acids is 1. The molecule has 0 bridgehead atoms. The van der Waals surface area contributed by atoms with Gasteiger partial charge in [-0.05, 0) is 62.0 Å². The first-order valence-corrected chi connectivity index (χ1v) is 11.0. The Morgan fingerprint density at radius 1 is 1.24 bits per heavy atom. The van der Waals surface area contributed by atoms with Gasteiger partial charge in [0.25, 0.3) is 5.88 Å². The van der Waals surface area contributed by atoms with Gasteiger partial charge in [-0.3, -0.25) is 4.79 Å². The molecule has 1 aromatic carbocycles. The summed E-state index contributed by atoms with van der Waals surface area (Å²) in [5.41, 5.74) is -0.469. The van der Waals surface area contributed by atoms with Crippen LogP contribution >= 0.6 is 0 Å². The molecule has 4 rings (SSSR count). The topological polar surface area (TPSA) is 94.3 Å². The van der Waals surface area contributed by atoms with Crippen molar-refractivity contribution in [3.63, 3.8) is 0 Å². The largest absolute Gasteiger partial charge is 1.00 e. The number of carbonyl (C=O) groups is 1. The average molecular weight is 513 g/mol. The van der Waals surface area contributed by atoms with Crippen LogP contribution in [0.3, 0.4) is 0 Å². The summed E-state index contributed by atoms with van der Waals surface area (Å²) in [4.78, 5) is 14.1. The van der Waals surface area contributed by atoms with Crippen molar-refractivity contribution in [2.45, 2.75) is 31.9 Å². The molecule has 0 saturated carbocycles. The second kappa shape index (κ2) is 11.9. The number of hydrogen-bond acceptors (Lipinski definition) is 7. The zero-order valence-electron chi connectivity index (χ0n) is 20.1. The number of carboxylic acid groups (broad SMARTS) is 1. The number of halogens is 3. The molecular weight excluding hydrogens is 484 g/mol.